The third-order valence-electron chi connectivity index (χ3n) is 3.19. The number of rotatable bonds is 4. The van der Waals surface area contributed by atoms with E-state index in [0.29, 0.717) is 17.7 Å². The molecule has 0 radical (unpaired) electrons. The van der Waals surface area contributed by atoms with Crippen molar-refractivity contribution >= 4 is 10.0 Å². The SMILES string of the molecule is C[C@H](NS(=O)(=O)c1ccc(C(F)(F)F)cc1)c1ccc(F)cc1. The minimum atomic E-state index is -4.53. The van der Waals surface area contributed by atoms with Crippen LogP contribution < -0.4 is 4.72 Å². The van der Waals surface area contributed by atoms with E-state index < -0.39 is 33.6 Å². The molecule has 124 valence electrons. The van der Waals surface area contributed by atoms with Gasteiger partial charge in [0.15, 0.2) is 0 Å². The van der Waals surface area contributed by atoms with E-state index in [9.17, 15) is 26.0 Å². The van der Waals surface area contributed by atoms with Crippen LogP contribution in [-0.4, -0.2) is 8.42 Å². The monoisotopic (exact) mass is 347 g/mol. The molecule has 0 spiro atoms. The van der Waals surface area contributed by atoms with Gasteiger partial charge in [-0.1, -0.05) is 12.1 Å². The maximum Gasteiger partial charge on any atom is 0.416 e. The first-order valence-corrected chi connectivity index (χ1v) is 8.03. The number of alkyl halides is 3. The summed E-state index contributed by atoms with van der Waals surface area (Å²) < 4.78 is 77.0. The van der Waals surface area contributed by atoms with Crippen LogP contribution in [0.25, 0.3) is 0 Å². The molecule has 0 fully saturated rings. The Morgan fingerprint density at radius 1 is 0.957 bits per heavy atom. The van der Waals surface area contributed by atoms with Crippen molar-refractivity contribution in [2.45, 2.75) is 24.0 Å². The Labute approximate surface area is 131 Å². The van der Waals surface area contributed by atoms with Crippen molar-refractivity contribution in [3.05, 3.63) is 65.5 Å². The second-order valence-electron chi connectivity index (χ2n) is 4.92. The molecule has 0 aliphatic heterocycles. The van der Waals surface area contributed by atoms with Gasteiger partial charge in [-0.05, 0) is 48.9 Å². The van der Waals surface area contributed by atoms with Crippen LogP contribution in [0.5, 0.6) is 0 Å². The molecule has 0 aliphatic carbocycles. The van der Waals surface area contributed by atoms with E-state index in [2.05, 4.69) is 4.72 Å². The zero-order valence-corrected chi connectivity index (χ0v) is 12.7. The molecule has 0 heterocycles. The lowest BCUT2D eigenvalue weighted by molar-refractivity contribution is -0.137. The molecule has 23 heavy (non-hydrogen) atoms. The fraction of sp³-hybridized carbons (Fsp3) is 0.200. The molecule has 0 aliphatic rings. The van der Waals surface area contributed by atoms with Crippen LogP contribution in [0, 0.1) is 5.82 Å². The molecule has 0 amide bonds. The number of halogens is 4. The number of sulfonamides is 1. The highest BCUT2D eigenvalue weighted by atomic mass is 32.2. The molecule has 2 aromatic rings. The summed E-state index contributed by atoms with van der Waals surface area (Å²) in [6.07, 6.45) is -4.53. The van der Waals surface area contributed by atoms with E-state index >= 15 is 0 Å². The molecule has 8 heteroatoms. The van der Waals surface area contributed by atoms with Crippen LogP contribution in [0.2, 0.25) is 0 Å². The Morgan fingerprint density at radius 3 is 1.96 bits per heavy atom. The quantitative estimate of drug-likeness (QED) is 0.853. The Bertz CT molecular complexity index is 769. The van der Waals surface area contributed by atoms with Gasteiger partial charge in [-0.15, -0.1) is 0 Å². The van der Waals surface area contributed by atoms with Gasteiger partial charge in [0.1, 0.15) is 5.82 Å². The van der Waals surface area contributed by atoms with E-state index in [4.69, 9.17) is 0 Å². The molecule has 2 aromatic carbocycles. The smallest absolute Gasteiger partial charge is 0.207 e. The molecule has 0 aromatic heterocycles. The summed E-state index contributed by atoms with van der Waals surface area (Å²) in [5.41, 5.74) is -0.398. The van der Waals surface area contributed by atoms with Crippen molar-refractivity contribution in [2.24, 2.45) is 0 Å². The van der Waals surface area contributed by atoms with Gasteiger partial charge < -0.3 is 0 Å². The second-order valence-corrected chi connectivity index (χ2v) is 6.63. The number of hydrogen-bond acceptors (Lipinski definition) is 2. The zero-order valence-electron chi connectivity index (χ0n) is 11.9. The lowest BCUT2D eigenvalue weighted by atomic mass is 10.1. The Hall–Kier alpha value is -1.93. The Morgan fingerprint density at radius 2 is 1.48 bits per heavy atom. The molecular weight excluding hydrogens is 334 g/mol. The highest BCUT2D eigenvalue weighted by Gasteiger charge is 2.30. The normalized spacial score (nSPS) is 13.8. The van der Waals surface area contributed by atoms with Crippen LogP contribution in [0.4, 0.5) is 17.6 Å². The standard InChI is InChI=1S/C15H13F4NO2S/c1-10(11-2-6-13(16)7-3-11)20-23(21,22)14-8-4-12(5-9-14)15(17,18)19/h2-10,20H,1H3/t10-/m0/s1. The molecule has 0 bridgehead atoms. The highest BCUT2D eigenvalue weighted by Crippen LogP contribution is 2.29. The number of benzene rings is 2. The topological polar surface area (TPSA) is 46.2 Å². The summed E-state index contributed by atoms with van der Waals surface area (Å²) in [6.45, 7) is 1.55. The minimum absolute atomic E-state index is 0.278. The van der Waals surface area contributed by atoms with Crippen LogP contribution in [0.1, 0.15) is 24.1 Å². The van der Waals surface area contributed by atoms with Crippen LogP contribution in [0.15, 0.2) is 53.4 Å². The van der Waals surface area contributed by atoms with Crippen LogP contribution >= 0.6 is 0 Å². The summed E-state index contributed by atoms with van der Waals surface area (Å²) in [6, 6.07) is 7.77. The van der Waals surface area contributed by atoms with Gasteiger partial charge in [-0.2, -0.15) is 13.2 Å². The van der Waals surface area contributed by atoms with Crippen molar-refractivity contribution in [3.8, 4) is 0 Å². The fourth-order valence-corrected chi connectivity index (χ4v) is 3.18. The molecule has 2 rings (SSSR count). The van der Waals surface area contributed by atoms with Crippen molar-refractivity contribution in [3.63, 3.8) is 0 Å². The van der Waals surface area contributed by atoms with E-state index in [1.54, 1.807) is 6.92 Å². The van der Waals surface area contributed by atoms with E-state index in [1.807, 2.05) is 0 Å². The second kappa shape index (κ2) is 6.29. The van der Waals surface area contributed by atoms with Gasteiger partial charge in [-0.25, -0.2) is 17.5 Å². The van der Waals surface area contributed by atoms with E-state index in [1.165, 1.54) is 24.3 Å². The van der Waals surface area contributed by atoms with Crippen molar-refractivity contribution in [2.75, 3.05) is 0 Å². The van der Waals surface area contributed by atoms with Gasteiger partial charge in [-0.3, -0.25) is 0 Å². The Kier molecular flexibility index (Phi) is 4.76. The summed E-state index contributed by atoms with van der Waals surface area (Å²) in [7, 11) is -3.99. The molecular formula is C15H13F4NO2S. The van der Waals surface area contributed by atoms with Crippen LogP contribution in [-0.2, 0) is 16.2 Å². The van der Waals surface area contributed by atoms with Crippen molar-refractivity contribution in [1.29, 1.82) is 0 Å². The molecule has 0 saturated carbocycles. The van der Waals surface area contributed by atoms with E-state index in [-0.39, 0.29) is 4.90 Å². The van der Waals surface area contributed by atoms with Crippen molar-refractivity contribution < 1.29 is 26.0 Å². The summed E-state index contributed by atoms with van der Waals surface area (Å²) in [5, 5.41) is 0. The first-order chi connectivity index (χ1) is 10.6. The number of hydrogen-bond donors (Lipinski definition) is 1. The van der Waals surface area contributed by atoms with Crippen molar-refractivity contribution in [1.82, 2.24) is 4.72 Å². The van der Waals surface area contributed by atoms with Gasteiger partial charge in [0.05, 0.1) is 10.5 Å². The zero-order chi connectivity index (χ0) is 17.3. The molecule has 3 nitrogen and oxygen atoms in total. The third-order valence-corrected chi connectivity index (χ3v) is 4.75. The maximum absolute atomic E-state index is 12.9. The third kappa shape index (κ3) is 4.29. The van der Waals surface area contributed by atoms with Crippen LogP contribution in [0.3, 0.4) is 0 Å². The predicted molar refractivity (Wildman–Crippen MR) is 76.6 cm³/mol. The highest BCUT2D eigenvalue weighted by molar-refractivity contribution is 7.89. The maximum atomic E-state index is 12.9. The molecule has 1 N–H and O–H groups in total. The molecule has 1 atom stereocenters. The van der Waals surface area contributed by atoms with E-state index in [0.717, 1.165) is 12.1 Å². The minimum Gasteiger partial charge on any atom is -0.207 e. The largest absolute Gasteiger partial charge is 0.416 e. The predicted octanol–water partition coefficient (Wildman–Crippen LogP) is 3.88. The lowest BCUT2D eigenvalue weighted by Crippen LogP contribution is -2.27. The first-order valence-electron chi connectivity index (χ1n) is 6.54. The molecule has 0 saturated heterocycles. The summed E-state index contributed by atoms with van der Waals surface area (Å²) >= 11 is 0. The lowest BCUT2D eigenvalue weighted by Gasteiger charge is -2.15. The fourth-order valence-electron chi connectivity index (χ4n) is 1.94. The van der Waals surface area contributed by atoms with Gasteiger partial charge >= 0.3 is 6.18 Å². The first kappa shape index (κ1) is 17.4. The number of nitrogens with one attached hydrogen (secondary N) is 1. The Balaban J connectivity index is 2.20. The van der Waals surface area contributed by atoms with Gasteiger partial charge in [0, 0.05) is 6.04 Å². The average molecular weight is 347 g/mol. The summed E-state index contributed by atoms with van der Waals surface area (Å²) in [4.78, 5) is -0.278. The average Bonchev–Trinajstić information content (AvgIpc) is 2.46. The van der Waals surface area contributed by atoms with Gasteiger partial charge in [0.25, 0.3) is 0 Å². The molecule has 0 unspecified atom stereocenters. The summed E-state index contributed by atoms with van der Waals surface area (Å²) in [5.74, 6) is -0.452. The van der Waals surface area contributed by atoms with Gasteiger partial charge in [0.2, 0.25) is 10.0 Å².